The van der Waals surface area contributed by atoms with E-state index in [1.807, 2.05) is 36.4 Å². The van der Waals surface area contributed by atoms with E-state index >= 15 is 0 Å². The molecule has 5 rings (SSSR count). The van der Waals surface area contributed by atoms with E-state index in [2.05, 4.69) is 41.7 Å². The number of β-amino-alcohol motifs (C(OH)–C–C–N with tert-alkyl or cyclic N) is 1. The first-order valence-electron chi connectivity index (χ1n) is 9.04. The molecule has 2 saturated heterocycles. The molecule has 1 unspecified atom stereocenters. The molecule has 0 radical (unpaired) electrons. The monoisotopic (exact) mass is 494 g/mol. The van der Waals surface area contributed by atoms with Gasteiger partial charge >= 0.3 is 0 Å². The van der Waals surface area contributed by atoms with Gasteiger partial charge in [0.15, 0.2) is 11.5 Å². The highest BCUT2D eigenvalue weighted by Crippen LogP contribution is 2.48. The molecule has 0 saturated carbocycles. The van der Waals surface area contributed by atoms with Gasteiger partial charge in [-0.15, -0.1) is 0 Å². The van der Waals surface area contributed by atoms with E-state index in [1.165, 1.54) is 0 Å². The van der Waals surface area contributed by atoms with Crippen LogP contribution in [-0.4, -0.2) is 55.5 Å². The summed E-state index contributed by atoms with van der Waals surface area (Å²) in [5.74, 6) is 1.58. The maximum absolute atomic E-state index is 10.8. The Kier molecular flexibility index (Phi) is 4.48. The van der Waals surface area contributed by atoms with Crippen LogP contribution in [0.1, 0.15) is 0 Å². The van der Waals surface area contributed by atoms with Crippen LogP contribution in [0.3, 0.4) is 0 Å². The normalized spacial score (nSPS) is 20.9. The van der Waals surface area contributed by atoms with Crippen molar-refractivity contribution in [1.29, 1.82) is 0 Å². The number of benzene rings is 2. The number of anilines is 2. The largest absolute Gasteiger partial charge is 0.453 e. The van der Waals surface area contributed by atoms with Gasteiger partial charge in [-0.25, -0.2) is 0 Å². The Labute approximate surface area is 175 Å². The van der Waals surface area contributed by atoms with E-state index in [-0.39, 0.29) is 0 Å². The summed E-state index contributed by atoms with van der Waals surface area (Å²) in [5.41, 5.74) is 2.32. The second-order valence-electron chi connectivity index (χ2n) is 7.75. The summed E-state index contributed by atoms with van der Waals surface area (Å²) in [4.78, 5) is 4.47. The van der Waals surface area contributed by atoms with E-state index in [0.29, 0.717) is 18.5 Å². The number of nitrogens with zero attached hydrogens (tertiary/aromatic N) is 2. The second-order valence-corrected chi connectivity index (χ2v) is 9.58. The fourth-order valence-electron chi connectivity index (χ4n) is 4.20. The Bertz CT molecular complexity index is 828. The van der Waals surface area contributed by atoms with E-state index < -0.39 is 6.10 Å². The first-order chi connectivity index (χ1) is 13.0. The predicted molar refractivity (Wildman–Crippen MR) is 111 cm³/mol. The number of likely N-dealkylation sites (tertiary alicyclic amines) is 1. The highest BCUT2D eigenvalue weighted by molar-refractivity contribution is 9.10. The lowest BCUT2D eigenvalue weighted by Crippen LogP contribution is -2.67. The molecule has 0 bridgehead atoms. The van der Waals surface area contributed by atoms with Gasteiger partial charge in [-0.2, -0.15) is 0 Å². The van der Waals surface area contributed by atoms with Crippen molar-refractivity contribution in [2.45, 2.75) is 6.10 Å². The van der Waals surface area contributed by atoms with Gasteiger partial charge in [0.05, 0.1) is 37.2 Å². The standard InChI is InChI=1S/C20H20Br2N2O3/c21-13-1-3-16-18(5-13)27-19-6-14(22)2-4-17(19)24(16)8-15(25)7-23-9-20(10-23)11-26-12-20/h1-6,15,25H,7-12H2. The molecule has 2 aromatic rings. The van der Waals surface area contributed by atoms with Crippen molar-refractivity contribution in [2.24, 2.45) is 5.41 Å². The molecule has 5 nitrogen and oxygen atoms in total. The number of fused-ring (bicyclic) bond motifs is 2. The third-order valence-corrected chi connectivity index (χ3v) is 6.43. The molecule has 1 N–H and O–H groups in total. The van der Waals surface area contributed by atoms with Crippen molar-refractivity contribution in [2.75, 3.05) is 44.3 Å². The summed E-state index contributed by atoms with van der Waals surface area (Å²) in [7, 11) is 0. The van der Waals surface area contributed by atoms with E-state index in [1.54, 1.807) is 0 Å². The molecule has 2 aromatic carbocycles. The minimum atomic E-state index is -0.450. The van der Waals surface area contributed by atoms with Gasteiger partial charge in [-0.05, 0) is 36.4 Å². The summed E-state index contributed by atoms with van der Waals surface area (Å²) >= 11 is 7.03. The van der Waals surface area contributed by atoms with Crippen LogP contribution in [0.15, 0.2) is 45.3 Å². The average molecular weight is 496 g/mol. The molecule has 3 aliphatic rings. The van der Waals surface area contributed by atoms with Crippen molar-refractivity contribution < 1.29 is 14.6 Å². The lowest BCUT2D eigenvalue weighted by molar-refractivity contribution is -0.192. The Morgan fingerprint density at radius 3 is 2.07 bits per heavy atom. The van der Waals surface area contributed by atoms with Crippen molar-refractivity contribution >= 4 is 43.2 Å². The number of ether oxygens (including phenoxy) is 2. The quantitative estimate of drug-likeness (QED) is 0.690. The Morgan fingerprint density at radius 2 is 1.56 bits per heavy atom. The minimum absolute atomic E-state index is 0.371. The van der Waals surface area contributed by atoms with Crippen LogP contribution in [0.5, 0.6) is 11.5 Å². The highest BCUT2D eigenvalue weighted by Gasteiger charge is 2.49. The smallest absolute Gasteiger partial charge is 0.152 e. The SMILES string of the molecule is OC(CN1CC2(COC2)C1)CN1c2ccc(Br)cc2Oc2cc(Br)ccc21. The third-order valence-electron chi connectivity index (χ3n) is 5.44. The molecule has 1 spiro atoms. The van der Waals surface area contributed by atoms with Gasteiger partial charge < -0.3 is 19.5 Å². The average Bonchev–Trinajstić information content (AvgIpc) is 2.55. The summed E-state index contributed by atoms with van der Waals surface area (Å²) < 4.78 is 13.4. The van der Waals surface area contributed by atoms with Gasteiger partial charge in [0.1, 0.15) is 0 Å². The fourth-order valence-corrected chi connectivity index (χ4v) is 4.88. The van der Waals surface area contributed by atoms with Crippen LogP contribution in [0, 0.1) is 5.41 Å². The molecule has 0 aromatic heterocycles. The molecule has 1 atom stereocenters. The molecule has 3 aliphatic heterocycles. The number of aliphatic hydroxyl groups is 1. The number of aliphatic hydroxyl groups excluding tert-OH is 1. The Morgan fingerprint density at radius 1 is 0.963 bits per heavy atom. The van der Waals surface area contributed by atoms with Crippen LogP contribution in [0.4, 0.5) is 11.4 Å². The van der Waals surface area contributed by atoms with Crippen LogP contribution in [0.25, 0.3) is 0 Å². The zero-order valence-corrected chi connectivity index (χ0v) is 17.9. The van der Waals surface area contributed by atoms with Crippen LogP contribution < -0.4 is 9.64 Å². The van der Waals surface area contributed by atoms with Gasteiger partial charge in [0.25, 0.3) is 0 Å². The minimum Gasteiger partial charge on any atom is -0.453 e. The van der Waals surface area contributed by atoms with Gasteiger partial charge in [-0.1, -0.05) is 31.9 Å². The van der Waals surface area contributed by atoms with Gasteiger partial charge in [-0.3, -0.25) is 4.90 Å². The Balaban J connectivity index is 1.36. The zero-order valence-electron chi connectivity index (χ0n) is 14.7. The first-order valence-corrected chi connectivity index (χ1v) is 10.6. The fraction of sp³-hybridized carbons (Fsp3) is 0.400. The van der Waals surface area contributed by atoms with Crippen molar-refractivity contribution in [3.63, 3.8) is 0 Å². The number of hydrogen-bond donors (Lipinski definition) is 1. The van der Waals surface area contributed by atoms with Crippen LogP contribution >= 0.6 is 31.9 Å². The van der Waals surface area contributed by atoms with E-state index in [9.17, 15) is 5.11 Å². The summed E-state index contributed by atoms with van der Waals surface area (Å²) in [6.07, 6.45) is -0.450. The number of halogens is 2. The van der Waals surface area contributed by atoms with Gasteiger partial charge in [0, 0.05) is 34.0 Å². The topological polar surface area (TPSA) is 45.2 Å². The molecule has 0 aliphatic carbocycles. The van der Waals surface area contributed by atoms with E-state index in [0.717, 1.165) is 58.1 Å². The Hall–Kier alpha value is -1.12. The molecule has 3 heterocycles. The number of rotatable bonds is 4. The molecular weight excluding hydrogens is 476 g/mol. The van der Waals surface area contributed by atoms with Crippen LogP contribution in [-0.2, 0) is 4.74 Å². The second kappa shape index (κ2) is 6.74. The third kappa shape index (κ3) is 3.29. The molecule has 0 amide bonds. The van der Waals surface area contributed by atoms with Crippen molar-refractivity contribution in [3.8, 4) is 11.5 Å². The maximum atomic E-state index is 10.8. The zero-order chi connectivity index (χ0) is 18.6. The molecule has 2 fully saturated rings. The first kappa shape index (κ1) is 17.9. The van der Waals surface area contributed by atoms with Crippen molar-refractivity contribution in [1.82, 2.24) is 4.90 Å². The summed E-state index contributed by atoms with van der Waals surface area (Å²) in [6, 6.07) is 12.0. The maximum Gasteiger partial charge on any atom is 0.152 e. The van der Waals surface area contributed by atoms with Crippen molar-refractivity contribution in [3.05, 3.63) is 45.3 Å². The molecular formula is C20H20Br2N2O3. The molecule has 142 valence electrons. The summed E-state index contributed by atoms with van der Waals surface area (Å²) in [6.45, 7) is 4.99. The molecule has 27 heavy (non-hydrogen) atoms. The predicted octanol–water partition coefficient (Wildman–Crippen LogP) is 4.15. The number of hydrogen-bond acceptors (Lipinski definition) is 5. The lowest BCUT2D eigenvalue weighted by Gasteiger charge is -2.55. The highest BCUT2D eigenvalue weighted by atomic mass is 79.9. The lowest BCUT2D eigenvalue weighted by atomic mass is 9.78. The van der Waals surface area contributed by atoms with Gasteiger partial charge in [0.2, 0.25) is 0 Å². The van der Waals surface area contributed by atoms with E-state index in [4.69, 9.17) is 9.47 Å². The summed E-state index contributed by atoms with van der Waals surface area (Å²) in [5, 5.41) is 10.8. The molecule has 7 heteroatoms. The van der Waals surface area contributed by atoms with Crippen LogP contribution in [0.2, 0.25) is 0 Å².